The fourth-order valence-electron chi connectivity index (χ4n) is 18.7. The number of halogens is 8. The maximum Gasteiger partial charge on any atom is 0.355 e. The number of carbonyl (C=O) groups excluding carboxylic acids is 3. The van der Waals surface area contributed by atoms with E-state index in [1.54, 1.807) is 67.2 Å². The second-order valence-corrected chi connectivity index (χ2v) is 37.1. The number of hydrogen-bond donors (Lipinski definition) is 3. The van der Waals surface area contributed by atoms with Crippen LogP contribution in [0.2, 0.25) is 15.1 Å². The molecule has 3 saturated heterocycles. The first-order chi connectivity index (χ1) is 63.9. The summed E-state index contributed by atoms with van der Waals surface area (Å²) in [5.74, 6) is -3.44. The van der Waals surface area contributed by atoms with Gasteiger partial charge in [-0.3, -0.25) is 14.4 Å². The first-order valence-corrected chi connectivity index (χ1v) is 45.6. The number of rotatable bonds is 18. The molecule has 12 heterocycles. The van der Waals surface area contributed by atoms with E-state index < -0.39 is 64.0 Å². The molecule has 6 saturated carbocycles. The standard InChI is InChI=1S/C32H31ClF2N8O2.C32H32ClFN8O2.C31H29ClF2N8O2/c1-15-13-42(31(44)17(3)34)16(2)12-41(15)29-20-11-21(33)27(24-22(35)5-4-6-23(24)36)39-30(20)43(32(45)40-29)28-25(18-7-8-18)37-14-38-26(28)19-9-10-19;1-4-24(43)40-13-17(3)41(14-16(40)2)30-20-12-21(33)28(25-22(34)6-5-7-23(25)35)38-31(20)42(32(44)39-30)29-26(18-8-9-18)36-15-37-27(29)19-10-11-19;1-15-13-40(30(43)16(2)33)10-11-41(15)28-19-12-20(32)26(23-21(34)4-3-5-22(23)35)38-29(19)42(31(44)39-28)27-24(17-6-7-17)36-14-37-25(27)18-8-9-18/h4-6,11,14-16,18-19H,3,7-10,12-13,36H2,1-2H3;4-7,12,15-19H,1,8-11,13-14,35H2,2-3H3;3-5,12,14-15,17-18H,2,6-11,13,35H2,1H3/t15-,16+;16-,17+;15-/m010/s1. The smallest absolute Gasteiger partial charge is 0.355 e. The lowest BCUT2D eigenvalue weighted by Crippen LogP contribution is -2.58. The molecular weight excluding hydrogens is 1770 g/mol. The average molecular weight is 1870 g/mol. The predicted molar refractivity (Wildman–Crippen MR) is 499 cm³/mol. The second-order valence-electron chi connectivity index (χ2n) is 35.9. The molecule has 38 heteroatoms. The molecule has 12 aromatic rings. The number of piperazine rings is 3. The third-order valence-electron chi connectivity index (χ3n) is 26.2. The van der Waals surface area contributed by atoms with Crippen LogP contribution < -0.4 is 49.0 Å². The molecule has 0 unspecified atom stereocenters. The molecule has 684 valence electrons. The second kappa shape index (κ2) is 35.0. The Bertz CT molecular complexity index is 6950. The number of benzene rings is 3. The van der Waals surface area contributed by atoms with Crippen molar-refractivity contribution in [1.29, 1.82) is 0 Å². The van der Waals surface area contributed by atoms with E-state index >= 15 is 13.2 Å². The number of anilines is 6. The molecule has 30 nitrogen and oxygen atoms in total. The Morgan fingerprint density at radius 3 is 0.977 bits per heavy atom. The van der Waals surface area contributed by atoms with Crippen LogP contribution in [-0.4, -0.2) is 182 Å². The van der Waals surface area contributed by atoms with E-state index in [4.69, 9.17) is 67.0 Å². The van der Waals surface area contributed by atoms with Gasteiger partial charge in [-0.05, 0) is 172 Å². The summed E-state index contributed by atoms with van der Waals surface area (Å²) in [7, 11) is 0. The zero-order valence-electron chi connectivity index (χ0n) is 73.2. The summed E-state index contributed by atoms with van der Waals surface area (Å²) in [4.78, 5) is 147. The highest BCUT2D eigenvalue weighted by atomic mass is 35.5. The van der Waals surface area contributed by atoms with Gasteiger partial charge in [0.15, 0.2) is 28.6 Å². The monoisotopic (exact) mass is 1860 g/mol. The zero-order chi connectivity index (χ0) is 93.5. The zero-order valence-corrected chi connectivity index (χ0v) is 75.5. The van der Waals surface area contributed by atoms with Gasteiger partial charge in [-0.15, -0.1) is 0 Å². The quantitative estimate of drug-likeness (QED) is 0.0408. The first-order valence-electron chi connectivity index (χ1n) is 44.5. The highest BCUT2D eigenvalue weighted by molar-refractivity contribution is 6.35. The largest absolute Gasteiger partial charge is 0.398 e. The van der Waals surface area contributed by atoms with Gasteiger partial charge in [0.25, 0.3) is 11.8 Å². The van der Waals surface area contributed by atoms with E-state index in [0.717, 1.165) is 111 Å². The topological polar surface area (TPSA) is 369 Å². The Balaban J connectivity index is 0.000000129. The maximum absolute atomic E-state index is 15.2. The Morgan fingerprint density at radius 2 is 0.692 bits per heavy atom. The van der Waals surface area contributed by atoms with E-state index in [9.17, 15) is 37.5 Å². The van der Waals surface area contributed by atoms with Crippen molar-refractivity contribution in [2.75, 3.05) is 77.7 Å². The first kappa shape index (κ1) is 89.0. The summed E-state index contributed by atoms with van der Waals surface area (Å²) in [6, 6.07) is 16.5. The normalized spacial score (nSPS) is 19.7. The maximum atomic E-state index is 15.2. The minimum Gasteiger partial charge on any atom is -0.398 e. The van der Waals surface area contributed by atoms with Gasteiger partial charge >= 0.3 is 17.1 Å². The fraction of sp³-hybridized carbons (Fsp3) is 0.368. The Kier molecular flexibility index (Phi) is 23.4. The summed E-state index contributed by atoms with van der Waals surface area (Å²) in [6.07, 6.45) is 17.3. The van der Waals surface area contributed by atoms with Gasteiger partial charge in [-0.25, -0.2) is 94.9 Å². The van der Waals surface area contributed by atoms with Gasteiger partial charge < -0.3 is 46.6 Å². The average Bonchev–Trinajstić information content (AvgIpc) is 1.61. The van der Waals surface area contributed by atoms with Crippen molar-refractivity contribution in [3.8, 4) is 50.8 Å². The van der Waals surface area contributed by atoms with Crippen molar-refractivity contribution < 1.29 is 36.3 Å². The van der Waals surface area contributed by atoms with Crippen LogP contribution in [0.15, 0.2) is 144 Å². The van der Waals surface area contributed by atoms with Crippen LogP contribution in [0, 0.1) is 17.5 Å². The molecule has 3 aliphatic heterocycles. The molecule has 3 aromatic carbocycles. The third-order valence-corrected chi connectivity index (χ3v) is 27.1. The molecule has 9 aromatic heterocycles. The van der Waals surface area contributed by atoms with Crippen molar-refractivity contribution in [2.45, 2.75) is 177 Å². The van der Waals surface area contributed by atoms with E-state index in [0.29, 0.717) is 63.8 Å². The van der Waals surface area contributed by atoms with Crippen molar-refractivity contribution in [3.63, 3.8) is 0 Å². The molecule has 133 heavy (non-hydrogen) atoms. The summed E-state index contributed by atoms with van der Waals surface area (Å²) in [5, 5.41) is 1.80. The minimum absolute atomic E-state index is 0.0245. The molecule has 5 atom stereocenters. The number of hydrogen-bond acceptors (Lipinski definition) is 24. The number of nitrogens with zero attached hydrogens (tertiary/aromatic N) is 21. The summed E-state index contributed by atoms with van der Waals surface area (Å²) >= 11 is 20.5. The number of aromatic nitrogens is 15. The summed E-state index contributed by atoms with van der Waals surface area (Å²) < 4.78 is 77.5. The number of nitrogens with two attached hydrogens (primary N) is 3. The number of carbonyl (C=O) groups is 3. The van der Waals surface area contributed by atoms with Crippen molar-refractivity contribution in [3.05, 3.63) is 227 Å². The van der Waals surface area contributed by atoms with Crippen molar-refractivity contribution >= 4 is 120 Å². The number of fused-ring (bicyclic) bond motifs is 3. The molecular formula is C95H92Cl3F5N24O6. The highest BCUT2D eigenvalue weighted by Gasteiger charge is 2.44. The lowest BCUT2D eigenvalue weighted by molar-refractivity contribution is -0.131. The van der Waals surface area contributed by atoms with E-state index in [1.165, 1.54) is 66.0 Å². The van der Waals surface area contributed by atoms with Crippen molar-refractivity contribution in [1.82, 2.24) is 88.2 Å². The SMILES string of the molecule is C=C(F)C(=O)N1CCN(c2nc(=O)n(-c3c(C4CC4)ncnc3C3CC3)c3nc(-c4c(N)cccc4F)c(Cl)cc23)[C@@H](C)C1.C=C(F)C(=O)N1C[C@H](C)N(c2nc(=O)n(-c3c(C4CC4)ncnc3C3CC3)c3nc(-c4c(N)cccc4F)c(Cl)cc23)C[C@H]1C.C=CC(=O)N1C[C@H](C)N(c2nc(=O)n(-c3c(C4CC4)ncnc3C3CC3)c3nc(-c4c(N)cccc4F)c(Cl)cc23)C[C@H]1C. The van der Waals surface area contributed by atoms with Crippen LogP contribution in [0.1, 0.15) is 181 Å². The van der Waals surface area contributed by atoms with Crippen LogP contribution in [0.4, 0.5) is 56.5 Å². The molecule has 6 aliphatic carbocycles. The fourth-order valence-corrected chi connectivity index (χ4v) is 19.4. The molecule has 0 spiro atoms. The molecule has 0 bridgehead atoms. The molecule has 6 N–H and O–H groups in total. The lowest BCUT2D eigenvalue weighted by atomic mass is 10.1. The van der Waals surface area contributed by atoms with E-state index in [2.05, 4.69) is 64.6 Å². The number of amides is 3. The van der Waals surface area contributed by atoms with Crippen LogP contribution in [0.25, 0.3) is 83.9 Å². The predicted octanol–water partition coefficient (Wildman–Crippen LogP) is 15.1. The summed E-state index contributed by atoms with van der Waals surface area (Å²) in [5.41, 5.74) is 24.8. The number of nitrogen functional groups attached to an aromatic ring is 3. The van der Waals surface area contributed by atoms with Gasteiger partial charge in [0, 0.05) is 129 Å². The molecule has 21 rings (SSSR count). The van der Waals surface area contributed by atoms with Crippen LogP contribution in [0.5, 0.6) is 0 Å². The van der Waals surface area contributed by atoms with Crippen LogP contribution >= 0.6 is 34.8 Å². The highest BCUT2D eigenvalue weighted by Crippen LogP contribution is 2.53. The molecule has 9 aliphatic rings. The van der Waals surface area contributed by atoms with Gasteiger partial charge in [-0.1, -0.05) is 72.7 Å². The molecule has 0 radical (unpaired) electrons. The van der Waals surface area contributed by atoms with E-state index in [-0.39, 0.29) is 181 Å². The minimum atomic E-state index is -1.03. The summed E-state index contributed by atoms with van der Waals surface area (Å²) in [6.45, 7) is 21.2. The molecule has 3 amide bonds. The molecule has 9 fully saturated rings. The van der Waals surface area contributed by atoms with Gasteiger partial charge in [-0.2, -0.15) is 15.0 Å². The Hall–Kier alpha value is -13.3. The van der Waals surface area contributed by atoms with Gasteiger partial charge in [0.05, 0.1) is 116 Å². The van der Waals surface area contributed by atoms with Crippen molar-refractivity contribution in [2.24, 2.45) is 0 Å². The van der Waals surface area contributed by atoms with Gasteiger partial charge in [0.2, 0.25) is 5.91 Å². The Labute approximate surface area is 773 Å². The van der Waals surface area contributed by atoms with E-state index in [1.807, 2.05) is 42.4 Å². The van der Waals surface area contributed by atoms with Crippen LogP contribution in [0.3, 0.4) is 0 Å². The van der Waals surface area contributed by atoms with Gasteiger partial charge in [0.1, 0.15) is 53.9 Å². The number of pyridine rings is 3. The Morgan fingerprint density at radius 1 is 0.398 bits per heavy atom. The third kappa shape index (κ3) is 16.6. The van der Waals surface area contributed by atoms with Crippen LogP contribution in [-0.2, 0) is 14.4 Å². The lowest BCUT2D eigenvalue weighted by Gasteiger charge is -2.44.